The van der Waals surface area contributed by atoms with Gasteiger partial charge in [0.05, 0.1) is 7.11 Å². The number of benzene rings is 2. The number of hydrogen-bond acceptors (Lipinski definition) is 4. The van der Waals surface area contributed by atoms with Crippen molar-refractivity contribution in [1.82, 2.24) is 0 Å². The lowest BCUT2D eigenvalue weighted by atomic mass is 9.87. The number of amides is 1. The molecular weight excluding hydrogens is 330 g/mol. The summed E-state index contributed by atoms with van der Waals surface area (Å²) < 4.78 is 10.7. The van der Waals surface area contributed by atoms with Crippen LogP contribution in [0.25, 0.3) is 0 Å². The highest BCUT2D eigenvalue weighted by Crippen LogP contribution is 2.28. The summed E-state index contributed by atoms with van der Waals surface area (Å²) in [5.41, 5.74) is 2.50. The molecule has 2 aromatic rings. The average molecular weight is 355 g/mol. The van der Waals surface area contributed by atoms with Crippen molar-refractivity contribution < 1.29 is 19.1 Å². The fraction of sp³-hybridized carbons (Fsp3) is 0.333. The number of Topliss-reactive ketones (excluding diaryl/α,β-unsaturated/α-hetero) is 1. The Kier molecular flexibility index (Phi) is 6.03. The minimum absolute atomic E-state index is 0.0636. The molecule has 0 bridgehead atoms. The Labute approximate surface area is 154 Å². The molecule has 0 aromatic heterocycles. The average Bonchev–Trinajstić information content (AvgIpc) is 2.59. The molecule has 0 unspecified atom stereocenters. The molecule has 1 N–H and O–H groups in total. The van der Waals surface area contributed by atoms with Gasteiger partial charge in [0, 0.05) is 11.3 Å². The highest BCUT2D eigenvalue weighted by atomic mass is 16.5. The third kappa shape index (κ3) is 5.09. The van der Waals surface area contributed by atoms with E-state index in [1.165, 1.54) is 19.6 Å². The second-order valence-electron chi connectivity index (χ2n) is 7.09. The van der Waals surface area contributed by atoms with Gasteiger partial charge >= 0.3 is 0 Å². The summed E-state index contributed by atoms with van der Waals surface area (Å²) >= 11 is 0. The SMILES string of the molecule is COc1cc(C(C)=O)ccc1OCC(=O)Nc1ccc(C(C)(C)C)cc1. The summed E-state index contributed by atoms with van der Waals surface area (Å²) in [6.45, 7) is 7.74. The molecule has 0 aliphatic rings. The molecule has 0 aliphatic carbocycles. The van der Waals surface area contributed by atoms with Gasteiger partial charge in [0.15, 0.2) is 23.9 Å². The van der Waals surface area contributed by atoms with Crippen LogP contribution in [0.15, 0.2) is 42.5 Å². The van der Waals surface area contributed by atoms with Gasteiger partial charge in [-0.2, -0.15) is 0 Å². The maximum atomic E-state index is 12.1. The number of ether oxygens (including phenoxy) is 2. The molecule has 0 atom stereocenters. The molecule has 0 radical (unpaired) electrons. The van der Waals surface area contributed by atoms with E-state index < -0.39 is 0 Å². The minimum Gasteiger partial charge on any atom is -0.493 e. The summed E-state index contributed by atoms with van der Waals surface area (Å²) in [6, 6.07) is 12.6. The lowest BCUT2D eigenvalue weighted by Crippen LogP contribution is -2.20. The number of hydrogen-bond donors (Lipinski definition) is 1. The summed E-state index contributed by atoms with van der Waals surface area (Å²) in [7, 11) is 1.49. The summed E-state index contributed by atoms with van der Waals surface area (Å²) in [5.74, 6) is 0.494. The van der Waals surface area contributed by atoms with Crippen molar-refractivity contribution in [3.63, 3.8) is 0 Å². The van der Waals surface area contributed by atoms with E-state index in [0.717, 1.165) is 0 Å². The number of methoxy groups -OCH3 is 1. The zero-order valence-corrected chi connectivity index (χ0v) is 15.9. The van der Waals surface area contributed by atoms with Crippen LogP contribution >= 0.6 is 0 Å². The van der Waals surface area contributed by atoms with E-state index in [9.17, 15) is 9.59 Å². The van der Waals surface area contributed by atoms with Crippen LogP contribution in [0.5, 0.6) is 11.5 Å². The lowest BCUT2D eigenvalue weighted by molar-refractivity contribution is -0.118. The van der Waals surface area contributed by atoms with Crippen molar-refractivity contribution in [2.24, 2.45) is 0 Å². The third-order valence-corrected chi connectivity index (χ3v) is 3.96. The van der Waals surface area contributed by atoms with Gasteiger partial charge in [-0.3, -0.25) is 9.59 Å². The molecule has 2 rings (SSSR count). The Balaban J connectivity index is 1.97. The second-order valence-corrected chi connectivity index (χ2v) is 7.09. The van der Waals surface area contributed by atoms with Gasteiger partial charge in [0.2, 0.25) is 0 Å². The normalized spacial score (nSPS) is 11.0. The smallest absolute Gasteiger partial charge is 0.262 e. The van der Waals surface area contributed by atoms with E-state index in [4.69, 9.17) is 9.47 Å². The van der Waals surface area contributed by atoms with Crippen molar-refractivity contribution in [3.05, 3.63) is 53.6 Å². The predicted octanol–water partition coefficient (Wildman–Crippen LogP) is 4.21. The summed E-state index contributed by atoms with van der Waals surface area (Å²) in [6.07, 6.45) is 0. The monoisotopic (exact) mass is 355 g/mol. The Hall–Kier alpha value is -2.82. The standard InChI is InChI=1S/C21H25NO4/c1-14(23)15-6-11-18(19(12-15)25-5)26-13-20(24)22-17-9-7-16(8-10-17)21(2,3)4/h6-12H,13H2,1-5H3,(H,22,24). The van der Waals surface area contributed by atoms with Crippen LogP contribution in [-0.2, 0) is 10.2 Å². The third-order valence-electron chi connectivity index (χ3n) is 3.96. The molecular formula is C21H25NO4. The summed E-state index contributed by atoms with van der Waals surface area (Å²) in [5, 5.41) is 2.80. The lowest BCUT2D eigenvalue weighted by Gasteiger charge is -2.19. The first-order chi connectivity index (χ1) is 12.2. The maximum absolute atomic E-state index is 12.1. The van der Waals surface area contributed by atoms with Crippen molar-refractivity contribution in [3.8, 4) is 11.5 Å². The number of anilines is 1. The molecule has 0 spiro atoms. The first-order valence-corrected chi connectivity index (χ1v) is 8.43. The van der Waals surface area contributed by atoms with Crippen molar-refractivity contribution in [1.29, 1.82) is 0 Å². The van der Waals surface area contributed by atoms with E-state index in [0.29, 0.717) is 22.7 Å². The van der Waals surface area contributed by atoms with Crippen LogP contribution in [0.4, 0.5) is 5.69 Å². The van der Waals surface area contributed by atoms with Gasteiger partial charge in [-0.15, -0.1) is 0 Å². The molecule has 2 aromatic carbocycles. The predicted molar refractivity (Wildman–Crippen MR) is 102 cm³/mol. The first-order valence-electron chi connectivity index (χ1n) is 8.43. The largest absolute Gasteiger partial charge is 0.493 e. The van der Waals surface area contributed by atoms with Gasteiger partial charge in [-0.05, 0) is 48.2 Å². The molecule has 26 heavy (non-hydrogen) atoms. The summed E-state index contributed by atoms with van der Waals surface area (Å²) in [4.78, 5) is 23.5. The minimum atomic E-state index is -0.272. The highest BCUT2D eigenvalue weighted by Gasteiger charge is 2.14. The Morgan fingerprint density at radius 1 is 1.00 bits per heavy atom. The van der Waals surface area contributed by atoms with Gasteiger partial charge in [0.1, 0.15) is 0 Å². The number of rotatable bonds is 6. The number of carbonyl (C=O) groups excluding carboxylic acids is 2. The van der Waals surface area contributed by atoms with Gasteiger partial charge < -0.3 is 14.8 Å². The first kappa shape index (κ1) is 19.5. The van der Waals surface area contributed by atoms with Crippen molar-refractivity contribution in [2.45, 2.75) is 33.1 Å². The van der Waals surface area contributed by atoms with Crippen molar-refractivity contribution >= 4 is 17.4 Å². The van der Waals surface area contributed by atoms with E-state index in [1.54, 1.807) is 18.2 Å². The molecule has 0 saturated carbocycles. The van der Waals surface area contributed by atoms with E-state index in [-0.39, 0.29) is 23.7 Å². The van der Waals surface area contributed by atoms with Gasteiger partial charge in [-0.25, -0.2) is 0 Å². The zero-order valence-electron chi connectivity index (χ0n) is 15.9. The van der Waals surface area contributed by atoms with Gasteiger partial charge in [0.25, 0.3) is 5.91 Å². The van der Waals surface area contributed by atoms with Crippen LogP contribution in [0.2, 0.25) is 0 Å². The van der Waals surface area contributed by atoms with E-state index in [2.05, 4.69) is 26.1 Å². The zero-order chi connectivity index (χ0) is 19.3. The Morgan fingerprint density at radius 2 is 1.65 bits per heavy atom. The molecule has 138 valence electrons. The Bertz CT molecular complexity index is 789. The van der Waals surface area contributed by atoms with Crippen LogP contribution in [0, 0.1) is 0 Å². The van der Waals surface area contributed by atoms with E-state index >= 15 is 0 Å². The highest BCUT2D eigenvalue weighted by molar-refractivity contribution is 5.95. The quantitative estimate of drug-likeness (QED) is 0.788. The molecule has 5 heteroatoms. The molecule has 1 amide bonds. The van der Waals surface area contributed by atoms with Crippen LogP contribution in [-0.4, -0.2) is 25.4 Å². The number of carbonyl (C=O) groups is 2. The molecule has 0 aliphatic heterocycles. The number of nitrogens with one attached hydrogen (secondary N) is 1. The van der Waals surface area contributed by atoms with Crippen LogP contribution in [0.3, 0.4) is 0 Å². The second kappa shape index (κ2) is 8.04. The number of ketones is 1. The molecule has 0 heterocycles. The molecule has 0 fully saturated rings. The van der Waals surface area contributed by atoms with Gasteiger partial charge in [-0.1, -0.05) is 32.9 Å². The van der Waals surface area contributed by atoms with Crippen molar-refractivity contribution in [2.75, 3.05) is 19.0 Å². The van der Waals surface area contributed by atoms with Crippen LogP contribution < -0.4 is 14.8 Å². The molecule has 5 nitrogen and oxygen atoms in total. The topological polar surface area (TPSA) is 64.6 Å². The maximum Gasteiger partial charge on any atom is 0.262 e. The molecule has 0 saturated heterocycles. The van der Waals surface area contributed by atoms with Crippen LogP contribution in [0.1, 0.15) is 43.6 Å². The Morgan fingerprint density at radius 3 is 2.19 bits per heavy atom. The fourth-order valence-electron chi connectivity index (χ4n) is 2.40. The fourth-order valence-corrected chi connectivity index (χ4v) is 2.40. The van der Waals surface area contributed by atoms with E-state index in [1.807, 2.05) is 24.3 Å².